The van der Waals surface area contributed by atoms with E-state index in [4.69, 9.17) is 0 Å². The number of carbonyl (C=O) groups is 1. The Bertz CT molecular complexity index is 450. The van der Waals surface area contributed by atoms with Crippen molar-refractivity contribution in [2.45, 2.75) is 39.5 Å². The first-order valence-corrected chi connectivity index (χ1v) is 7.87. The average Bonchev–Trinajstić information content (AvgIpc) is 2.47. The quantitative estimate of drug-likeness (QED) is 0.774. The third kappa shape index (κ3) is 3.83. The van der Waals surface area contributed by atoms with Crippen LogP contribution in [-0.4, -0.2) is 36.9 Å². The minimum Gasteiger partial charge on any atom is -0.385 e. The molecule has 0 radical (unpaired) electrons. The van der Waals surface area contributed by atoms with E-state index in [9.17, 15) is 4.79 Å². The molecule has 0 saturated carbocycles. The number of nitrogens with zero attached hydrogens (tertiary/aromatic N) is 1. The van der Waals surface area contributed by atoms with Crippen molar-refractivity contribution >= 4 is 11.5 Å². The number of ketones is 1. The first-order valence-electron chi connectivity index (χ1n) is 7.87. The average molecular weight is 274 g/mol. The molecule has 0 aliphatic carbocycles. The molecule has 0 atom stereocenters. The molecule has 1 aromatic rings. The van der Waals surface area contributed by atoms with Gasteiger partial charge >= 0.3 is 0 Å². The molecule has 1 heterocycles. The maximum atomic E-state index is 12.4. The maximum Gasteiger partial charge on any atom is 0.176 e. The number of anilines is 1. The summed E-state index contributed by atoms with van der Waals surface area (Å²) in [6.45, 7) is 7.93. The number of carbonyl (C=O) groups excluding carboxylic acids is 1. The number of hydrogen-bond acceptors (Lipinski definition) is 3. The lowest BCUT2D eigenvalue weighted by atomic mass is 9.99. The fourth-order valence-corrected chi connectivity index (χ4v) is 2.85. The monoisotopic (exact) mass is 274 g/mol. The minimum absolute atomic E-state index is 0.250. The molecule has 0 bridgehead atoms. The maximum absolute atomic E-state index is 12.4. The molecule has 0 aromatic heterocycles. The molecule has 2 rings (SSSR count). The molecule has 0 saturated heterocycles. The first kappa shape index (κ1) is 15.0. The van der Waals surface area contributed by atoms with Crippen molar-refractivity contribution in [1.29, 1.82) is 0 Å². The van der Waals surface area contributed by atoms with Crippen LogP contribution in [0.25, 0.3) is 0 Å². The molecular weight excluding hydrogens is 248 g/mol. The third-order valence-electron chi connectivity index (χ3n) is 3.81. The van der Waals surface area contributed by atoms with E-state index < -0.39 is 0 Å². The van der Waals surface area contributed by atoms with Crippen LogP contribution in [0.3, 0.4) is 0 Å². The SMILES string of the molecule is CCCN(CCC)CC(=O)c1ccc2c(c1)CCCN2. The summed E-state index contributed by atoms with van der Waals surface area (Å²) in [6, 6.07) is 6.11. The van der Waals surface area contributed by atoms with E-state index in [1.54, 1.807) is 0 Å². The van der Waals surface area contributed by atoms with Gasteiger partial charge in [0.2, 0.25) is 0 Å². The molecule has 1 aliphatic rings. The number of aryl methyl sites for hydroxylation is 1. The van der Waals surface area contributed by atoms with Gasteiger partial charge in [0, 0.05) is 17.8 Å². The summed E-state index contributed by atoms with van der Waals surface area (Å²) in [5, 5.41) is 3.39. The van der Waals surface area contributed by atoms with Gasteiger partial charge in [-0.05, 0) is 62.5 Å². The highest BCUT2D eigenvalue weighted by Gasteiger charge is 2.14. The molecule has 110 valence electrons. The standard InChI is InChI=1S/C17H26N2O/c1-3-10-19(11-4-2)13-17(20)15-7-8-16-14(12-15)6-5-9-18-16/h7-8,12,18H,3-6,9-11,13H2,1-2H3. The van der Waals surface area contributed by atoms with Crippen LogP contribution < -0.4 is 5.32 Å². The fraction of sp³-hybridized carbons (Fsp3) is 0.588. The van der Waals surface area contributed by atoms with Crippen molar-refractivity contribution in [2.24, 2.45) is 0 Å². The van der Waals surface area contributed by atoms with E-state index >= 15 is 0 Å². The molecule has 3 nitrogen and oxygen atoms in total. The predicted octanol–water partition coefficient (Wildman–Crippen LogP) is 3.35. The summed E-state index contributed by atoms with van der Waals surface area (Å²) < 4.78 is 0. The Morgan fingerprint density at radius 2 is 2.00 bits per heavy atom. The van der Waals surface area contributed by atoms with Gasteiger partial charge in [0.05, 0.1) is 6.54 Å². The highest BCUT2D eigenvalue weighted by Crippen LogP contribution is 2.23. The van der Waals surface area contributed by atoms with E-state index in [1.807, 2.05) is 6.07 Å². The lowest BCUT2D eigenvalue weighted by Crippen LogP contribution is -2.31. The normalized spacial score (nSPS) is 13.9. The minimum atomic E-state index is 0.250. The van der Waals surface area contributed by atoms with Crippen molar-refractivity contribution < 1.29 is 4.79 Å². The molecule has 3 heteroatoms. The smallest absolute Gasteiger partial charge is 0.176 e. The number of hydrogen-bond donors (Lipinski definition) is 1. The van der Waals surface area contributed by atoms with Crippen molar-refractivity contribution in [3.63, 3.8) is 0 Å². The first-order chi connectivity index (χ1) is 9.74. The van der Waals surface area contributed by atoms with E-state index in [-0.39, 0.29) is 5.78 Å². The molecule has 1 aromatic carbocycles. The topological polar surface area (TPSA) is 32.3 Å². The molecule has 0 spiro atoms. The fourth-order valence-electron chi connectivity index (χ4n) is 2.85. The third-order valence-corrected chi connectivity index (χ3v) is 3.81. The second kappa shape index (κ2) is 7.44. The van der Waals surface area contributed by atoms with Crippen LogP contribution in [0.5, 0.6) is 0 Å². The van der Waals surface area contributed by atoms with Crippen LogP contribution in [0.1, 0.15) is 49.0 Å². The number of Topliss-reactive ketones (excluding diaryl/α,β-unsaturated/α-hetero) is 1. The number of benzene rings is 1. The molecule has 0 amide bonds. The summed E-state index contributed by atoms with van der Waals surface area (Å²) in [4.78, 5) is 14.7. The van der Waals surface area contributed by atoms with Gasteiger partial charge in [0.1, 0.15) is 0 Å². The summed E-state index contributed by atoms with van der Waals surface area (Å²) in [6.07, 6.45) is 4.43. The van der Waals surface area contributed by atoms with Gasteiger partial charge in [0.25, 0.3) is 0 Å². The Kier molecular flexibility index (Phi) is 5.60. The van der Waals surface area contributed by atoms with Gasteiger partial charge in [-0.15, -0.1) is 0 Å². The highest BCUT2D eigenvalue weighted by atomic mass is 16.1. The second-order valence-electron chi connectivity index (χ2n) is 5.60. The highest BCUT2D eigenvalue weighted by molar-refractivity contribution is 5.98. The van der Waals surface area contributed by atoms with E-state index in [0.29, 0.717) is 6.54 Å². The number of nitrogens with one attached hydrogen (secondary N) is 1. The molecular formula is C17H26N2O. The number of fused-ring (bicyclic) bond motifs is 1. The largest absolute Gasteiger partial charge is 0.385 e. The van der Waals surface area contributed by atoms with Crippen LogP contribution >= 0.6 is 0 Å². The van der Waals surface area contributed by atoms with Gasteiger partial charge < -0.3 is 5.32 Å². The van der Waals surface area contributed by atoms with Crippen molar-refractivity contribution in [3.05, 3.63) is 29.3 Å². The molecule has 1 N–H and O–H groups in total. The van der Waals surface area contributed by atoms with Gasteiger partial charge in [-0.3, -0.25) is 9.69 Å². The lowest BCUT2D eigenvalue weighted by Gasteiger charge is -2.21. The Morgan fingerprint density at radius 1 is 1.25 bits per heavy atom. The van der Waals surface area contributed by atoms with Crippen molar-refractivity contribution in [3.8, 4) is 0 Å². The van der Waals surface area contributed by atoms with Crippen LogP contribution in [-0.2, 0) is 6.42 Å². The Labute approximate surface area is 122 Å². The summed E-state index contributed by atoms with van der Waals surface area (Å²) in [5.74, 6) is 0.250. The molecule has 20 heavy (non-hydrogen) atoms. The van der Waals surface area contributed by atoms with Crippen LogP contribution in [0.2, 0.25) is 0 Å². The van der Waals surface area contributed by atoms with Gasteiger partial charge in [0.15, 0.2) is 5.78 Å². The number of rotatable bonds is 7. The lowest BCUT2D eigenvalue weighted by molar-refractivity contribution is 0.0930. The zero-order valence-corrected chi connectivity index (χ0v) is 12.7. The van der Waals surface area contributed by atoms with E-state index in [1.165, 1.54) is 11.3 Å². The van der Waals surface area contributed by atoms with Gasteiger partial charge in [-0.2, -0.15) is 0 Å². The molecule has 0 unspecified atom stereocenters. The Hall–Kier alpha value is -1.35. The van der Waals surface area contributed by atoms with Crippen molar-refractivity contribution in [2.75, 3.05) is 31.5 Å². The Morgan fingerprint density at radius 3 is 2.70 bits per heavy atom. The predicted molar refractivity (Wildman–Crippen MR) is 84.6 cm³/mol. The van der Waals surface area contributed by atoms with Gasteiger partial charge in [-0.1, -0.05) is 13.8 Å². The van der Waals surface area contributed by atoms with Crippen molar-refractivity contribution in [1.82, 2.24) is 4.90 Å². The zero-order valence-electron chi connectivity index (χ0n) is 12.7. The van der Waals surface area contributed by atoms with E-state index in [2.05, 4.69) is 36.2 Å². The summed E-state index contributed by atoms with van der Waals surface area (Å²) >= 11 is 0. The summed E-state index contributed by atoms with van der Waals surface area (Å²) in [5.41, 5.74) is 3.36. The van der Waals surface area contributed by atoms with Gasteiger partial charge in [-0.25, -0.2) is 0 Å². The molecule has 1 aliphatic heterocycles. The zero-order chi connectivity index (χ0) is 14.4. The van der Waals surface area contributed by atoms with Crippen LogP contribution in [0.15, 0.2) is 18.2 Å². The van der Waals surface area contributed by atoms with Crippen LogP contribution in [0.4, 0.5) is 5.69 Å². The van der Waals surface area contributed by atoms with E-state index in [0.717, 1.165) is 50.9 Å². The summed E-state index contributed by atoms with van der Waals surface area (Å²) in [7, 11) is 0. The van der Waals surface area contributed by atoms with Crippen LogP contribution in [0, 0.1) is 0 Å². The second-order valence-corrected chi connectivity index (χ2v) is 5.60. The molecule has 0 fully saturated rings. The Balaban J connectivity index is 2.04.